The number of ether oxygens (including phenoxy) is 1. The topological polar surface area (TPSA) is 38.3 Å². The number of Topliss-reactive ketones (excluding diaryl/α,β-unsaturated/α-hetero) is 1. The number of hydrogen-bond donors (Lipinski definition) is 1. The van der Waals surface area contributed by atoms with Crippen LogP contribution in [-0.4, -0.2) is 25.0 Å². The largest absolute Gasteiger partial charge is 0.380 e. The minimum Gasteiger partial charge on any atom is -0.380 e. The van der Waals surface area contributed by atoms with E-state index in [9.17, 15) is 4.79 Å². The van der Waals surface area contributed by atoms with Gasteiger partial charge >= 0.3 is 0 Å². The van der Waals surface area contributed by atoms with Crippen LogP contribution in [0.4, 0.5) is 0 Å². The first-order valence-corrected chi connectivity index (χ1v) is 7.16. The van der Waals surface area contributed by atoms with E-state index in [1.165, 1.54) is 5.56 Å². The summed E-state index contributed by atoms with van der Waals surface area (Å²) in [6, 6.07) is 10.6. The van der Waals surface area contributed by atoms with E-state index in [2.05, 4.69) is 17.4 Å². The molecule has 1 heterocycles. The van der Waals surface area contributed by atoms with Gasteiger partial charge in [-0.25, -0.2) is 0 Å². The molecule has 1 aliphatic carbocycles. The highest BCUT2D eigenvalue weighted by Crippen LogP contribution is 2.35. The van der Waals surface area contributed by atoms with Gasteiger partial charge in [-0.3, -0.25) is 4.79 Å². The first-order valence-electron chi connectivity index (χ1n) is 7.16. The molecule has 0 radical (unpaired) electrons. The standard InChI is InChI=1S/C16H21NO2/c1-19-15-9-5-8-12-14(18)10-13(17-16(12)15)11-6-3-2-4-7-11/h2-4,6-7,12-13,15-17H,5,8-10H2,1H3. The number of rotatable bonds is 2. The van der Waals surface area contributed by atoms with Crippen LogP contribution in [0.5, 0.6) is 0 Å². The van der Waals surface area contributed by atoms with Gasteiger partial charge in [0.15, 0.2) is 0 Å². The molecule has 1 N–H and O–H groups in total. The molecule has 3 rings (SSSR count). The number of fused-ring (bicyclic) bond motifs is 1. The Labute approximate surface area is 114 Å². The third-order valence-corrected chi connectivity index (χ3v) is 4.56. The SMILES string of the molecule is COC1CCCC2C(=O)CC(c3ccccc3)NC12. The Morgan fingerprint density at radius 3 is 2.74 bits per heavy atom. The summed E-state index contributed by atoms with van der Waals surface area (Å²) >= 11 is 0. The third-order valence-electron chi connectivity index (χ3n) is 4.56. The lowest BCUT2D eigenvalue weighted by Crippen LogP contribution is -2.56. The van der Waals surface area contributed by atoms with E-state index >= 15 is 0 Å². The summed E-state index contributed by atoms with van der Waals surface area (Å²) in [5, 5.41) is 3.66. The van der Waals surface area contributed by atoms with Gasteiger partial charge in [0, 0.05) is 31.5 Å². The quantitative estimate of drug-likeness (QED) is 0.886. The van der Waals surface area contributed by atoms with Gasteiger partial charge in [-0.2, -0.15) is 0 Å². The van der Waals surface area contributed by atoms with Crippen molar-refractivity contribution in [3.8, 4) is 0 Å². The van der Waals surface area contributed by atoms with Crippen molar-refractivity contribution in [2.45, 2.75) is 43.9 Å². The zero-order valence-corrected chi connectivity index (χ0v) is 11.3. The highest BCUT2D eigenvalue weighted by atomic mass is 16.5. The van der Waals surface area contributed by atoms with Crippen LogP contribution in [0.1, 0.15) is 37.3 Å². The Balaban J connectivity index is 1.82. The van der Waals surface area contributed by atoms with Crippen molar-refractivity contribution in [3.05, 3.63) is 35.9 Å². The molecular formula is C16H21NO2. The van der Waals surface area contributed by atoms with E-state index in [0.717, 1.165) is 19.3 Å². The van der Waals surface area contributed by atoms with Crippen molar-refractivity contribution in [2.24, 2.45) is 5.92 Å². The number of piperidine rings is 1. The lowest BCUT2D eigenvalue weighted by molar-refractivity contribution is -0.131. The van der Waals surface area contributed by atoms with Crippen LogP contribution in [0.2, 0.25) is 0 Å². The van der Waals surface area contributed by atoms with Crippen LogP contribution in [0.3, 0.4) is 0 Å². The molecule has 2 fully saturated rings. The average molecular weight is 259 g/mol. The molecule has 4 atom stereocenters. The van der Waals surface area contributed by atoms with Crippen molar-refractivity contribution in [2.75, 3.05) is 7.11 Å². The van der Waals surface area contributed by atoms with Crippen LogP contribution in [-0.2, 0) is 9.53 Å². The van der Waals surface area contributed by atoms with Crippen LogP contribution in [0.15, 0.2) is 30.3 Å². The molecule has 1 aromatic carbocycles. The van der Waals surface area contributed by atoms with Crippen LogP contribution < -0.4 is 5.32 Å². The lowest BCUT2D eigenvalue weighted by atomic mass is 9.74. The number of benzene rings is 1. The summed E-state index contributed by atoms with van der Waals surface area (Å²) in [5.41, 5.74) is 1.20. The van der Waals surface area contributed by atoms with Crippen molar-refractivity contribution in [1.29, 1.82) is 0 Å². The summed E-state index contributed by atoms with van der Waals surface area (Å²) in [6.07, 6.45) is 3.95. The summed E-state index contributed by atoms with van der Waals surface area (Å²) in [5.74, 6) is 0.554. The molecule has 1 aliphatic heterocycles. The van der Waals surface area contributed by atoms with E-state index in [4.69, 9.17) is 4.74 Å². The summed E-state index contributed by atoms with van der Waals surface area (Å²) < 4.78 is 5.58. The summed E-state index contributed by atoms with van der Waals surface area (Å²) in [7, 11) is 1.76. The molecule has 102 valence electrons. The van der Waals surface area contributed by atoms with E-state index in [0.29, 0.717) is 12.2 Å². The van der Waals surface area contributed by atoms with Crippen molar-refractivity contribution < 1.29 is 9.53 Å². The van der Waals surface area contributed by atoms with Crippen LogP contribution in [0.25, 0.3) is 0 Å². The molecule has 0 amide bonds. The van der Waals surface area contributed by atoms with Gasteiger partial charge in [0.05, 0.1) is 6.10 Å². The first kappa shape index (κ1) is 12.8. The number of carbonyl (C=O) groups is 1. The fourth-order valence-corrected chi connectivity index (χ4v) is 3.55. The molecular weight excluding hydrogens is 238 g/mol. The second-order valence-electron chi connectivity index (χ2n) is 5.64. The van der Waals surface area contributed by atoms with Gasteiger partial charge in [-0.1, -0.05) is 36.8 Å². The number of nitrogens with one attached hydrogen (secondary N) is 1. The normalized spacial score (nSPS) is 34.9. The highest BCUT2D eigenvalue weighted by Gasteiger charge is 2.42. The lowest BCUT2D eigenvalue weighted by Gasteiger charge is -2.43. The fraction of sp³-hybridized carbons (Fsp3) is 0.562. The zero-order chi connectivity index (χ0) is 13.2. The van der Waals surface area contributed by atoms with Gasteiger partial charge in [-0.15, -0.1) is 0 Å². The molecule has 1 aromatic rings. The van der Waals surface area contributed by atoms with Crippen molar-refractivity contribution >= 4 is 5.78 Å². The second kappa shape index (κ2) is 5.43. The maximum atomic E-state index is 12.4. The molecule has 0 bridgehead atoms. The predicted molar refractivity (Wildman–Crippen MR) is 73.9 cm³/mol. The zero-order valence-electron chi connectivity index (χ0n) is 11.3. The highest BCUT2D eigenvalue weighted by molar-refractivity contribution is 5.83. The molecule has 2 aliphatic rings. The maximum absolute atomic E-state index is 12.4. The molecule has 1 saturated carbocycles. The number of methoxy groups -OCH3 is 1. The third kappa shape index (κ3) is 2.45. The molecule has 3 nitrogen and oxygen atoms in total. The Morgan fingerprint density at radius 1 is 1.21 bits per heavy atom. The van der Waals surface area contributed by atoms with Gasteiger partial charge in [-0.05, 0) is 18.4 Å². The van der Waals surface area contributed by atoms with E-state index in [1.54, 1.807) is 7.11 Å². The van der Waals surface area contributed by atoms with E-state index in [-0.39, 0.29) is 24.1 Å². The number of hydrogen-bond acceptors (Lipinski definition) is 3. The Bertz CT molecular complexity index is 445. The minimum absolute atomic E-state index is 0.144. The molecule has 0 aromatic heterocycles. The van der Waals surface area contributed by atoms with Crippen LogP contribution in [0, 0.1) is 5.92 Å². The molecule has 3 heteroatoms. The van der Waals surface area contributed by atoms with Gasteiger partial charge < -0.3 is 10.1 Å². The van der Waals surface area contributed by atoms with Crippen molar-refractivity contribution in [3.63, 3.8) is 0 Å². The first-order chi connectivity index (χ1) is 9.29. The molecule has 0 spiro atoms. The van der Waals surface area contributed by atoms with Gasteiger partial charge in [0.1, 0.15) is 5.78 Å². The van der Waals surface area contributed by atoms with Gasteiger partial charge in [0.2, 0.25) is 0 Å². The summed E-state index contributed by atoms with van der Waals surface area (Å²) in [6.45, 7) is 0. The van der Waals surface area contributed by atoms with E-state index < -0.39 is 0 Å². The smallest absolute Gasteiger partial charge is 0.139 e. The second-order valence-corrected chi connectivity index (χ2v) is 5.64. The predicted octanol–water partition coefficient (Wildman–Crippen LogP) is 2.47. The maximum Gasteiger partial charge on any atom is 0.139 e. The molecule has 19 heavy (non-hydrogen) atoms. The monoisotopic (exact) mass is 259 g/mol. The Hall–Kier alpha value is -1.19. The van der Waals surface area contributed by atoms with Gasteiger partial charge in [0.25, 0.3) is 0 Å². The molecule has 1 saturated heterocycles. The van der Waals surface area contributed by atoms with E-state index in [1.807, 2.05) is 18.2 Å². The fourth-order valence-electron chi connectivity index (χ4n) is 3.55. The Kier molecular flexibility index (Phi) is 3.67. The minimum atomic E-state index is 0.144. The van der Waals surface area contributed by atoms with Crippen LogP contribution >= 0.6 is 0 Å². The molecule has 4 unspecified atom stereocenters. The average Bonchev–Trinajstić information content (AvgIpc) is 2.47. The number of ketones is 1. The van der Waals surface area contributed by atoms with Crippen molar-refractivity contribution in [1.82, 2.24) is 5.32 Å². The number of carbonyl (C=O) groups excluding carboxylic acids is 1. The summed E-state index contributed by atoms with van der Waals surface area (Å²) in [4.78, 5) is 12.4. The Morgan fingerprint density at radius 2 is 2.00 bits per heavy atom.